The van der Waals surface area contributed by atoms with Gasteiger partial charge in [0.1, 0.15) is 6.29 Å². The SMILES string of the molecule is CC.CCC.CCCC=O.CNC(=O)CCCCCN(C)C. The average molecular weight is 319 g/mol. The molecule has 4 heteroatoms. The smallest absolute Gasteiger partial charge is 0.219 e. The van der Waals surface area contributed by atoms with E-state index in [1.807, 2.05) is 20.8 Å². The predicted octanol–water partition coefficient (Wildman–Crippen LogP) is 4.28. The zero-order valence-electron chi connectivity index (χ0n) is 16.5. The first-order valence-corrected chi connectivity index (χ1v) is 8.78. The molecular weight excluding hydrogens is 276 g/mol. The van der Waals surface area contributed by atoms with Gasteiger partial charge in [0, 0.05) is 19.9 Å². The van der Waals surface area contributed by atoms with E-state index < -0.39 is 0 Å². The molecule has 0 aliphatic carbocycles. The maximum Gasteiger partial charge on any atom is 0.219 e. The lowest BCUT2D eigenvalue weighted by molar-refractivity contribution is -0.120. The van der Waals surface area contributed by atoms with Crippen molar-refractivity contribution in [2.45, 2.75) is 79.6 Å². The number of nitrogens with one attached hydrogen (secondary N) is 1. The maximum atomic E-state index is 10.8. The van der Waals surface area contributed by atoms with Crippen LogP contribution in [0.3, 0.4) is 0 Å². The third-order valence-corrected chi connectivity index (χ3v) is 2.19. The molecule has 0 rings (SSSR count). The summed E-state index contributed by atoms with van der Waals surface area (Å²) in [7, 11) is 5.82. The Bertz CT molecular complexity index is 196. The van der Waals surface area contributed by atoms with Gasteiger partial charge in [-0.05, 0) is 39.9 Å². The molecule has 0 aromatic rings. The molecule has 0 saturated heterocycles. The molecule has 0 unspecified atom stereocenters. The second kappa shape index (κ2) is 32.2. The van der Waals surface area contributed by atoms with E-state index >= 15 is 0 Å². The van der Waals surface area contributed by atoms with Gasteiger partial charge < -0.3 is 15.0 Å². The fourth-order valence-corrected chi connectivity index (χ4v) is 1.13. The normalized spacial score (nSPS) is 8.41. The van der Waals surface area contributed by atoms with E-state index in [-0.39, 0.29) is 5.91 Å². The van der Waals surface area contributed by atoms with E-state index in [2.05, 4.69) is 38.2 Å². The van der Waals surface area contributed by atoms with Crippen molar-refractivity contribution in [3.05, 3.63) is 0 Å². The highest BCUT2D eigenvalue weighted by Gasteiger charge is 1.97. The van der Waals surface area contributed by atoms with Gasteiger partial charge in [0.25, 0.3) is 0 Å². The zero-order chi connectivity index (χ0) is 18.2. The van der Waals surface area contributed by atoms with Crippen LogP contribution in [0.5, 0.6) is 0 Å². The van der Waals surface area contributed by atoms with Crippen molar-refractivity contribution in [3.8, 4) is 0 Å². The second-order valence-corrected chi connectivity index (χ2v) is 4.95. The molecule has 0 aliphatic rings. The first-order chi connectivity index (χ1) is 10.5. The van der Waals surface area contributed by atoms with E-state index in [4.69, 9.17) is 0 Å². The Labute approximate surface area is 140 Å². The van der Waals surface area contributed by atoms with Crippen molar-refractivity contribution in [2.24, 2.45) is 0 Å². The van der Waals surface area contributed by atoms with Gasteiger partial charge in [0.15, 0.2) is 0 Å². The highest BCUT2D eigenvalue weighted by molar-refractivity contribution is 5.75. The van der Waals surface area contributed by atoms with Crippen LogP contribution in [0, 0.1) is 0 Å². The van der Waals surface area contributed by atoms with E-state index in [0.717, 1.165) is 32.1 Å². The number of aldehydes is 1. The molecule has 0 aromatic carbocycles. The minimum absolute atomic E-state index is 0.153. The lowest BCUT2D eigenvalue weighted by Crippen LogP contribution is -2.17. The second-order valence-electron chi connectivity index (χ2n) is 4.95. The number of unbranched alkanes of at least 4 members (excludes halogenated alkanes) is 3. The van der Waals surface area contributed by atoms with Crippen molar-refractivity contribution in [2.75, 3.05) is 27.7 Å². The van der Waals surface area contributed by atoms with Crippen molar-refractivity contribution in [1.82, 2.24) is 10.2 Å². The number of hydrogen-bond acceptors (Lipinski definition) is 3. The van der Waals surface area contributed by atoms with Gasteiger partial charge in [0.05, 0.1) is 0 Å². The third kappa shape index (κ3) is 50.8. The Hall–Kier alpha value is -0.900. The molecule has 0 bridgehead atoms. The van der Waals surface area contributed by atoms with Crippen molar-refractivity contribution in [3.63, 3.8) is 0 Å². The Morgan fingerprint density at radius 3 is 1.82 bits per heavy atom. The summed E-state index contributed by atoms with van der Waals surface area (Å²) < 4.78 is 0. The summed E-state index contributed by atoms with van der Waals surface area (Å²) in [5.41, 5.74) is 0. The van der Waals surface area contributed by atoms with Crippen LogP contribution in [0.4, 0.5) is 0 Å². The summed E-state index contributed by atoms with van der Waals surface area (Å²) in [4.78, 5) is 22.4. The number of carbonyl (C=O) groups excluding carboxylic acids is 2. The molecular formula is C18H42N2O2. The number of hydrogen-bond donors (Lipinski definition) is 1. The fourth-order valence-electron chi connectivity index (χ4n) is 1.13. The van der Waals surface area contributed by atoms with E-state index in [1.165, 1.54) is 12.8 Å². The summed E-state index contributed by atoms with van der Waals surface area (Å²) in [5, 5.41) is 2.62. The largest absolute Gasteiger partial charge is 0.359 e. The van der Waals surface area contributed by atoms with Gasteiger partial charge in [-0.25, -0.2) is 0 Å². The molecule has 1 amide bonds. The van der Waals surface area contributed by atoms with Crippen LogP contribution in [0.25, 0.3) is 0 Å². The van der Waals surface area contributed by atoms with Gasteiger partial charge in [-0.3, -0.25) is 4.79 Å². The first kappa shape index (κ1) is 29.2. The van der Waals surface area contributed by atoms with Crippen LogP contribution < -0.4 is 5.32 Å². The average Bonchev–Trinajstić information content (AvgIpc) is 2.50. The summed E-state index contributed by atoms with van der Waals surface area (Å²) in [5.74, 6) is 0.153. The quantitative estimate of drug-likeness (QED) is 0.537. The summed E-state index contributed by atoms with van der Waals surface area (Å²) in [6.07, 6.45) is 7.87. The molecule has 0 aromatic heterocycles. The van der Waals surface area contributed by atoms with Crippen LogP contribution in [-0.4, -0.2) is 44.8 Å². The van der Waals surface area contributed by atoms with Crippen LogP contribution >= 0.6 is 0 Å². The molecule has 0 atom stereocenters. The van der Waals surface area contributed by atoms with Gasteiger partial charge in [-0.1, -0.05) is 47.5 Å². The Morgan fingerprint density at radius 1 is 1.05 bits per heavy atom. The van der Waals surface area contributed by atoms with Crippen molar-refractivity contribution >= 4 is 12.2 Å². The number of carbonyl (C=O) groups is 2. The lowest BCUT2D eigenvalue weighted by atomic mass is 10.2. The summed E-state index contributed by atoms with van der Waals surface area (Å²) in [6.45, 7) is 11.3. The molecule has 136 valence electrons. The van der Waals surface area contributed by atoms with Gasteiger partial charge in [-0.15, -0.1) is 0 Å². The van der Waals surface area contributed by atoms with Gasteiger partial charge >= 0.3 is 0 Å². The van der Waals surface area contributed by atoms with Crippen LogP contribution in [0.15, 0.2) is 0 Å². The molecule has 1 N–H and O–H groups in total. The highest BCUT2D eigenvalue weighted by atomic mass is 16.1. The molecule has 0 fully saturated rings. The van der Waals surface area contributed by atoms with Crippen LogP contribution in [0.1, 0.15) is 79.6 Å². The summed E-state index contributed by atoms with van der Waals surface area (Å²) in [6, 6.07) is 0. The molecule has 0 saturated carbocycles. The maximum absolute atomic E-state index is 10.8. The standard InChI is InChI=1S/C9H20N2O.C4H8O.C3H8.C2H6/c1-10-9(12)7-5-4-6-8-11(2)3;1-2-3-4-5;1-3-2;1-2/h4-8H2,1-3H3,(H,10,12);4H,2-3H2,1H3;3H2,1-2H3;1-2H3. The van der Waals surface area contributed by atoms with Crippen LogP contribution in [0.2, 0.25) is 0 Å². The third-order valence-electron chi connectivity index (χ3n) is 2.19. The summed E-state index contributed by atoms with van der Waals surface area (Å²) >= 11 is 0. The topological polar surface area (TPSA) is 49.4 Å². The number of rotatable bonds is 8. The van der Waals surface area contributed by atoms with Crippen molar-refractivity contribution < 1.29 is 9.59 Å². The molecule has 22 heavy (non-hydrogen) atoms. The van der Waals surface area contributed by atoms with Crippen molar-refractivity contribution in [1.29, 1.82) is 0 Å². The molecule has 0 aliphatic heterocycles. The predicted molar refractivity (Wildman–Crippen MR) is 99.4 cm³/mol. The number of nitrogens with zero attached hydrogens (tertiary/aromatic N) is 1. The Kier molecular flexibility index (Phi) is 42.6. The first-order valence-electron chi connectivity index (χ1n) is 8.78. The monoisotopic (exact) mass is 318 g/mol. The molecule has 0 heterocycles. The minimum atomic E-state index is 0.153. The fraction of sp³-hybridized carbons (Fsp3) is 0.889. The molecule has 4 nitrogen and oxygen atoms in total. The minimum Gasteiger partial charge on any atom is -0.359 e. The van der Waals surface area contributed by atoms with Gasteiger partial charge in [-0.2, -0.15) is 0 Å². The Balaban J connectivity index is -0.000000134. The number of amides is 1. The van der Waals surface area contributed by atoms with E-state index in [0.29, 0.717) is 12.8 Å². The van der Waals surface area contributed by atoms with Gasteiger partial charge in [0.2, 0.25) is 5.91 Å². The highest BCUT2D eigenvalue weighted by Crippen LogP contribution is 1.99. The molecule has 0 spiro atoms. The molecule has 0 radical (unpaired) electrons. The van der Waals surface area contributed by atoms with E-state index in [9.17, 15) is 9.59 Å². The Morgan fingerprint density at radius 2 is 1.55 bits per heavy atom. The zero-order valence-corrected chi connectivity index (χ0v) is 16.5. The lowest BCUT2D eigenvalue weighted by Gasteiger charge is -2.08. The van der Waals surface area contributed by atoms with Crippen LogP contribution in [-0.2, 0) is 9.59 Å². The van der Waals surface area contributed by atoms with E-state index in [1.54, 1.807) is 7.05 Å².